The van der Waals surface area contributed by atoms with Gasteiger partial charge in [0.25, 0.3) is 0 Å². The van der Waals surface area contributed by atoms with Gasteiger partial charge in [-0.2, -0.15) is 10.1 Å². The Kier molecular flexibility index (Phi) is 3.95. The summed E-state index contributed by atoms with van der Waals surface area (Å²) in [5.41, 5.74) is 5.72. The molecule has 1 saturated carbocycles. The quantitative estimate of drug-likeness (QED) is 0.711. The van der Waals surface area contributed by atoms with E-state index < -0.39 is 0 Å². The molecule has 2 N–H and O–H groups in total. The van der Waals surface area contributed by atoms with Gasteiger partial charge in [-0.1, -0.05) is 0 Å². The zero-order valence-corrected chi connectivity index (χ0v) is 15.0. The Morgan fingerprint density at radius 2 is 1.96 bits per heavy atom. The zero-order valence-electron chi connectivity index (χ0n) is 15.0. The number of nitrogen functional groups attached to an aromatic ring is 1. The summed E-state index contributed by atoms with van der Waals surface area (Å²) in [6, 6.07) is 2.45. The highest BCUT2D eigenvalue weighted by atomic mass is 15.4. The topological polar surface area (TPSA) is 116 Å². The summed E-state index contributed by atoms with van der Waals surface area (Å²) in [4.78, 5) is 14.6. The van der Waals surface area contributed by atoms with E-state index in [4.69, 9.17) is 5.73 Å². The average molecular weight is 366 g/mol. The molecule has 27 heavy (non-hydrogen) atoms. The van der Waals surface area contributed by atoms with Gasteiger partial charge in [0.1, 0.15) is 30.8 Å². The van der Waals surface area contributed by atoms with E-state index in [-0.39, 0.29) is 0 Å². The van der Waals surface area contributed by atoms with Gasteiger partial charge in [0.05, 0.1) is 0 Å². The molecule has 0 radical (unpaired) electrons. The van der Waals surface area contributed by atoms with Crippen LogP contribution in [0, 0.1) is 0 Å². The molecule has 2 fully saturated rings. The fourth-order valence-electron chi connectivity index (χ4n) is 3.82. The monoisotopic (exact) mass is 366 g/mol. The largest absolute Gasteiger partial charge is 0.368 e. The maximum absolute atomic E-state index is 5.72. The molecule has 1 aliphatic carbocycles. The molecule has 3 aromatic heterocycles. The molecule has 1 saturated heterocycles. The second-order valence-electron chi connectivity index (χ2n) is 7.20. The van der Waals surface area contributed by atoms with Crippen LogP contribution in [-0.4, -0.2) is 52.6 Å². The number of piperidine rings is 1. The van der Waals surface area contributed by atoms with Gasteiger partial charge in [0, 0.05) is 31.2 Å². The lowest BCUT2D eigenvalue weighted by molar-refractivity contribution is 0.458. The Hall–Kier alpha value is -3.04. The Bertz CT molecular complexity index is 906. The van der Waals surface area contributed by atoms with E-state index in [1.807, 2.05) is 6.07 Å². The third-order valence-corrected chi connectivity index (χ3v) is 5.32. The molecule has 5 rings (SSSR count). The summed E-state index contributed by atoms with van der Waals surface area (Å²) in [5, 5.41) is 13.3. The number of rotatable bonds is 5. The van der Waals surface area contributed by atoms with Gasteiger partial charge >= 0.3 is 0 Å². The highest BCUT2D eigenvalue weighted by Gasteiger charge is 2.33. The van der Waals surface area contributed by atoms with Crippen molar-refractivity contribution in [1.82, 2.24) is 39.5 Å². The first-order valence-corrected chi connectivity index (χ1v) is 9.37. The van der Waals surface area contributed by atoms with Crippen LogP contribution in [0.25, 0.3) is 0 Å². The minimum atomic E-state index is 0.320. The molecule has 0 spiro atoms. The van der Waals surface area contributed by atoms with Crippen LogP contribution < -0.4 is 10.6 Å². The molecular weight excluding hydrogens is 344 g/mol. The summed E-state index contributed by atoms with van der Waals surface area (Å²) >= 11 is 0. The van der Waals surface area contributed by atoms with Crippen molar-refractivity contribution in [2.75, 3.05) is 23.7 Å². The lowest BCUT2D eigenvalue weighted by Gasteiger charge is -2.32. The summed E-state index contributed by atoms with van der Waals surface area (Å²) in [7, 11) is 0. The third-order valence-electron chi connectivity index (χ3n) is 5.32. The van der Waals surface area contributed by atoms with Gasteiger partial charge in [-0.15, -0.1) is 10.2 Å². The van der Waals surface area contributed by atoms with Gasteiger partial charge in [-0.25, -0.2) is 14.6 Å². The van der Waals surface area contributed by atoms with Crippen molar-refractivity contribution >= 4 is 11.8 Å². The minimum Gasteiger partial charge on any atom is -0.368 e. The molecule has 10 heteroatoms. The van der Waals surface area contributed by atoms with Crippen LogP contribution >= 0.6 is 0 Å². The highest BCUT2D eigenvalue weighted by Crippen LogP contribution is 2.40. The first-order chi connectivity index (χ1) is 13.3. The van der Waals surface area contributed by atoms with Crippen LogP contribution in [0.5, 0.6) is 0 Å². The summed E-state index contributed by atoms with van der Waals surface area (Å²) in [6.07, 6.45) is 9.44. The predicted molar refractivity (Wildman–Crippen MR) is 98.0 cm³/mol. The van der Waals surface area contributed by atoms with Crippen molar-refractivity contribution < 1.29 is 0 Å². The Labute approximate surface area is 156 Å². The standard InChI is InChI=1S/C17H22N10/c18-17-20-6-3-14(22-17)25-7-4-12(5-8-25)16-24-23-15(27(16)13-1-2-13)9-26-11-19-10-21-26/h3,6,10-13H,1-2,4-5,7-9H2,(H2,18,20,22). The Morgan fingerprint density at radius 1 is 1.11 bits per heavy atom. The molecule has 0 aromatic carbocycles. The van der Waals surface area contributed by atoms with Crippen molar-refractivity contribution in [1.29, 1.82) is 0 Å². The molecular formula is C17H22N10. The van der Waals surface area contributed by atoms with E-state index >= 15 is 0 Å². The van der Waals surface area contributed by atoms with Crippen LogP contribution in [-0.2, 0) is 6.54 Å². The van der Waals surface area contributed by atoms with Gasteiger partial charge in [-0.05, 0) is 31.7 Å². The molecule has 0 bridgehead atoms. The third kappa shape index (κ3) is 3.22. The van der Waals surface area contributed by atoms with E-state index in [1.54, 1.807) is 23.5 Å². The Balaban J connectivity index is 1.33. The van der Waals surface area contributed by atoms with Crippen molar-refractivity contribution in [3.63, 3.8) is 0 Å². The van der Waals surface area contributed by atoms with Crippen LogP contribution in [0.15, 0.2) is 24.9 Å². The van der Waals surface area contributed by atoms with Crippen molar-refractivity contribution in [2.45, 2.75) is 44.2 Å². The van der Waals surface area contributed by atoms with Crippen molar-refractivity contribution in [3.05, 3.63) is 36.6 Å². The zero-order chi connectivity index (χ0) is 18.2. The lowest BCUT2D eigenvalue weighted by atomic mass is 9.96. The fourth-order valence-corrected chi connectivity index (χ4v) is 3.82. The van der Waals surface area contributed by atoms with Gasteiger partial charge < -0.3 is 15.2 Å². The second kappa shape index (κ2) is 6.60. The first kappa shape index (κ1) is 16.2. The molecule has 0 unspecified atom stereocenters. The van der Waals surface area contributed by atoms with Crippen LogP contribution in [0.3, 0.4) is 0 Å². The smallest absolute Gasteiger partial charge is 0.221 e. The van der Waals surface area contributed by atoms with E-state index in [0.29, 0.717) is 24.5 Å². The molecule has 0 amide bonds. The van der Waals surface area contributed by atoms with E-state index in [9.17, 15) is 0 Å². The predicted octanol–water partition coefficient (Wildman–Crippen LogP) is 1.01. The Morgan fingerprint density at radius 3 is 2.67 bits per heavy atom. The molecule has 2 aliphatic rings. The maximum Gasteiger partial charge on any atom is 0.221 e. The van der Waals surface area contributed by atoms with E-state index in [1.165, 1.54) is 12.8 Å². The normalized spacial score (nSPS) is 18.1. The lowest BCUT2D eigenvalue weighted by Crippen LogP contribution is -2.34. The number of nitrogens with two attached hydrogens (primary N) is 1. The first-order valence-electron chi connectivity index (χ1n) is 9.37. The molecule has 0 atom stereocenters. The van der Waals surface area contributed by atoms with Crippen molar-refractivity contribution in [2.24, 2.45) is 0 Å². The number of nitrogens with zero attached hydrogens (tertiary/aromatic N) is 9. The van der Waals surface area contributed by atoms with Crippen LogP contribution in [0.2, 0.25) is 0 Å². The highest BCUT2D eigenvalue weighted by molar-refractivity contribution is 5.41. The fraction of sp³-hybridized carbons (Fsp3) is 0.529. The number of aromatic nitrogens is 8. The summed E-state index contributed by atoms with van der Waals surface area (Å²) in [5.74, 6) is 3.73. The average Bonchev–Trinajstić information content (AvgIpc) is 3.23. The molecule has 1 aliphatic heterocycles. The molecule has 4 heterocycles. The van der Waals surface area contributed by atoms with Crippen LogP contribution in [0.4, 0.5) is 11.8 Å². The summed E-state index contributed by atoms with van der Waals surface area (Å²) in [6.45, 7) is 2.47. The molecule has 140 valence electrons. The van der Waals surface area contributed by atoms with Crippen molar-refractivity contribution in [3.8, 4) is 0 Å². The number of hydrogen-bond donors (Lipinski definition) is 1. The molecule has 3 aromatic rings. The summed E-state index contributed by atoms with van der Waals surface area (Å²) < 4.78 is 4.15. The maximum atomic E-state index is 5.72. The van der Waals surface area contributed by atoms with Gasteiger partial charge in [-0.3, -0.25) is 0 Å². The number of anilines is 2. The SMILES string of the molecule is Nc1nccc(N2CCC(c3nnc(Cn4cncn4)n3C3CC3)CC2)n1. The van der Waals surface area contributed by atoms with Crippen LogP contribution in [0.1, 0.15) is 49.3 Å². The van der Waals surface area contributed by atoms with E-state index in [0.717, 1.165) is 43.4 Å². The van der Waals surface area contributed by atoms with Gasteiger partial charge in [0.2, 0.25) is 5.95 Å². The number of hydrogen-bond acceptors (Lipinski definition) is 8. The van der Waals surface area contributed by atoms with E-state index in [2.05, 4.69) is 39.7 Å². The second-order valence-corrected chi connectivity index (χ2v) is 7.20. The molecule has 10 nitrogen and oxygen atoms in total. The minimum absolute atomic E-state index is 0.320. The van der Waals surface area contributed by atoms with Gasteiger partial charge in [0.15, 0.2) is 5.82 Å².